The van der Waals surface area contributed by atoms with Crippen LogP contribution in [0.15, 0.2) is 0 Å². The fourth-order valence-electron chi connectivity index (χ4n) is 0.325. The Morgan fingerprint density at radius 1 is 1.22 bits per heavy atom. The van der Waals surface area contributed by atoms with Crippen LogP contribution in [0.3, 0.4) is 0 Å². The van der Waals surface area contributed by atoms with Gasteiger partial charge < -0.3 is 0 Å². The first kappa shape index (κ1) is 11.7. The third kappa shape index (κ3) is 7.93. The van der Waals surface area contributed by atoms with Crippen LogP contribution in [-0.4, -0.2) is 6.17 Å². The van der Waals surface area contributed by atoms with Crippen molar-refractivity contribution in [3.63, 3.8) is 0 Å². The van der Waals surface area contributed by atoms with Gasteiger partial charge in [-0.1, -0.05) is 34.1 Å². The molecule has 0 aromatic carbocycles. The maximum absolute atomic E-state index is 12.1. The van der Waals surface area contributed by atoms with E-state index < -0.39 is 6.17 Å². The lowest BCUT2D eigenvalue weighted by Crippen LogP contribution is -2.05. The van der Waals surface area contributed by atoms with E-state index >= 15 is 0 Å². The highest BCUT2D eigenvalue weighted by Gasteiger charge is 2.05. The lowest BCUT2D eigenvalue weighted by molar-refractivity contribution is 0.259. The van der Waals surface area contributed by atoms with Crippen LogP contribution in [0.5, 0.6) is 0 Å². The molecule has 0 saturated carbocycles. The second kappa shape index (κ2) is 7.93. The largest absolute Gasteiger partial charge is 0.248 e. The molecule has 2 atom stereocenters. The van der Waals surface area contributed by atoms with Gasteiger partial charge in [-0.2, -0.15) is 0 Å². The number of hydrogen-bond donors (Lipinski definition) is 0. The van der Waals surface area contributed by atoms with Crippen molar-refractivity contribution in [3.8, 4) is 0 Å². The predicted molar refractivity (Wildman–Crippen MR) is 41.4 cm³/mol. The number of alkyl halides is 1. The van der Waals surface area contributed by atoms with Gasteiger partial charge in [-0.05, 0) is 12.8 Å². The molecule has 0 aliphatic carbocycles. The van der Waals surface area contributed by atoms with E-state index in [-0.39, 0.29) is 5.92 Å². The molecule has 0 rings (SSSR count). The summed E-state index contributed by atoms with van der Waals surface area (Å²) in [6.45, 7) is 9.53. The van der Waals surface area contributed by atoms with Gasteiger partial charge in [0.2, 0.25) is 0 Å². The monoisotopic (exact) mass is 134 g/mol. The van der Waals surface area contributed by atoms with Crippen molar-refractivity contribution in [2.45, 2.75) is 47.2 Å². The van der Waals surface area contributed by atoms with Crippen LogP contribution in [0.1, 0.15) is 41.0 Å². The zero-order valence-corrected chi connectivity index (χ0v) is 7.24. The summed E-state index contributed by atoms with van der Waals surface area (Å²) in [5.74, 6) is 0.236. The van der Waals surface area contributed by atoms with Gasteiger partial charge in [-0.25, -0.2) is 4.39 Å². The van der Waals surface area contributed by atoms with E-state index in [1.807, 2.05) is 27.7 Å². The van der Waals surface area contributed by atoms with Crippen molar-refractivity contribution in [2.75, 3.05) is 0 Å². The highest BCUT2D eigenvalue weighted by Crippen LogP contribution is 2.08. The van der Waals surface area contributed by atoms with E-state index in [9.17, 15) is 4.39 Å². The van der Waals surface area contributed by atoms with Crippen molar-refractivity contribution in [2.24, 2.45) is 5.92 Å². The zero-order valence-electron chi connectivity index (χ0n) is 7.24. The lowest BCUT2D eigenvalue weighted by Gasteiger charge is -2.06. The van der Waals surface area contributed by atoms with Gasteiger partial charge in [0.05, 0.1) is 6.17 Å². The minimum atomic E-state index is -0.634. The highest BCUT2D eigenvalue weighted by molar-refractivity contribution is 4.54. The molecule has 0 amide bonds. The van der Waals surface area contributed by atoms with Gasteiger partial charge in [-0.15, -0.1) is 0 Å². The van der Waals surface area contributed by atoms with Crippen LogP contribution in [0, 0.1) is 5.92 Å². The van der Waals surface area contributed by atoms with Crippen molar-refractivity contribution < 1.29 is 4.39 Å². The van der Waals surface area contributed by atoms with Crippen molar-refractivity contribution in [3.05, 3.63) is 0 Å². The van der Waals surface area contributed by atoms with Gasteiger partial charge in [0.1, 0.15) is 0 Å². The third-order valence-electron chi connectivity index (χ3n) is 1.43. The standard InChI is InChI=1S/C6H13F.C2H6/c1-4-5(2)6(3)7;1-2/h5-6H,4H2,1-3H3;1-2H3. The Morgan fingerprint density at radius 2 is 1.56 bits per heavy atom. The highest BCUT2D eigenvalue weighted by atomic mass is 19.1. The topological polar surface area (TPSA) is 0 Å². The van der Waals surface area contributed by atoms with Crippen LogP contribution < -0.4 is 0 Å². The minimum absolute atomic E-state index is 0.236. The van der Waals surface area contributed by atoms with Gasteiger partial charge in [0.25, 0.3) is 0 Å². The molecule has 0 nitrogen and oxygen atoms in total. The molecule has 9 heavy (non-hydrogen) atoms. The molecule has 0 aromatic heterocycles. The van der Waals surface area contributed by atoms with E-state index in [1.54, 1.807) is 6.92 Å². The maximum atomic E-state index is 12.1. The van der Waals surface area contributed by atoms with E-state index in [4.69, 9.17) is 0 Å². The maximum Gasteiger partial charge on any atom is 0.0998 e. The van der Waals surface area contributed by atoms with Gasteiger partial charge >= 0.3 is 0 Å². The molecule has 2 unspecified atom stereocenters. The van der Waals surface area contributed by atoms with E-state index in [0.29, 0.717) is 0 Å². The third-order valence-corrected chi connectivity index (χ3v) is 1.43. The average Bonchev–Trinajstić information content (AvgIpc) is 1.91. The van der Waals surface area contributed by atoms with Crippen LogP contribution in [-0.2, 0) is 0 Å². The average molecular weight is 134 g/mol. The fraction of sp³-hybridized carbons (Fsp3) is 1.00. The van der Waals surface area contributed by atoms with Crippen LogP contribution in [0.25, 0.3) is 0 Å². The molecule has 0 radical (unpaired) electrons. The summed E-state index contributed by atoms with van der Waals surface area (Å²) < 4.78 is 12.1. The van der Waals surface area contributed by atoms with Crippen molar-refractivity contribution in [1.29, 1.82) is 0 Å². The van der Waals surface area contributed by atoms with E-state index in [2.05, 4.69) is 0 Å². The molecule has 1 heteroatoms. The van der Waals surface area contributed by atoms with Crippen LogP contribution >= 0.6 is 0 Å². The molecule has 0 fully saturated rings. The molecule has 0 N–H and O–H groups in total. The Hall–Kier alpha value is -0.0700. The Balaban J connectivity index is 0. The first-order valence-electron chi connectivity index (χ1n) is 3.82. The summed E-state index contributed by atoms with van der Waals surface area (Å²) in [5, 5.41) is 0. The molecular formula is C8H19F. The van der Waals surface area contributed by atoms with E-state index in [1.165, 1.54) is 0 Å². The van der Waals surface area contributed by atoms with Crippen LogP contribution in [0.2, 0.25) is 0 Å². The summed E-state index contributed by atoms with van der Waals surface area (Å²) >= 11 is 0. The Morgan fingerprint density at radius 3 is 1.56 bits per heavy atom. The van der Waals surface area contributed by atoms with Crippen molar-refractivity contribution >= 4 is 0 Å². The van der Waals surface area contributed by atoms with E-state index in [0.717, 1.165) is 6.42 Å². The van der Waals surface area contributed by atoms with Gasteiger partial charge in [-0.3, -0.25) is 0 Å². The first-order chi connectivity index (χ1) is 4.18. The Kier molecular flexibility index (Phi) is 10.3. The number of hydrogen-bond acceptors (Lipinski definition) is 0. The molecule has 0 aliphatic rings. The Bertz CT molecular complexity index is 41.8. The molecule has 0 saturated heterocycles. The quantitative estimate of drug-likeness (QED) is 0.543. The lowest BCUT2D eigenvalue weighted by atomic mass is 10.1. The molecule has 0 heterocycles. The Labute approximate surface area is 58.5 Å². The zero-order chi connectivity index (χ0) is 7.86. The molecule has 0 aromatic rings. The molecule has 0 aliphatic heterocycles. The minimum Gasteiger partial charge on any atom is -0.248 e. The molecular weight excluding hydrogens is 115 g/mol. The summed E-state index contributed by atoms with van der Waals surface area (Å²) in [6, 6.07) is 0. The normalized spacial score (nSPS) is 15.3. The van der Waals surface area contributed by atoms with Gasteiger partial charge in [0.15, 0.2) is 0 Å². The SMILES string of the molecule is CC.CCC(C)C(C)F. The number of rotatable bonds is 2. The molecule has 0 bridgehead atoms. The summed E-state index contributed by atoms with van der Waals surface area (Å²) in [6.07, 6.45) is 0.308. The van der Waals surface area contributed by atoms with Gasteiger partial charge in [0, 0.05) is 0 Å². The molecule has 58 valence electrons. The second-order valence-corrected chi connectivity index (χ2v) is 2.06. The predicted octanol–water partition coefficient (Wildman–Crippen LogP) is 3.42. The first-order valence-corrected chi connectivity index (χ1v) is 3.82. The second-order valence-electron chi connectivity index (χ2n) is 2.06. The van der Waals surface area contributed by atoms with Crippen LogP contribution in [0.4, 0.5) is 4.39 Å². The molecule has 0 spiro atoms. The summed E-state index contributed by atoms with van der Waals surface area (Å²) in [7, 11) is 0. The fourth-order valence-corrected chi connectivity index (χ4v) is 0.325. The summed E-state index contributed by atoms with van der Waals surface area (Å²) in [5.41, 5.74) is 0. The smallest absolute Gasteiger partial charge is 0.0998 e. The van der Waals surface area contributed by atoms with Crippen molar-refractivity contribution in [1.82, 2.24) is 0 Å². The summed E-state index contributed by atoms with van der Waals surface area (Å²) in [4.78, 5) is 0. The number of halogens is 1.